The van der Waals surface area contributed by atoms with E-state index in [1.54, 1.807) is 12.1 Å². The number of hydrogen-bond donors (Lipinski definition) is 0. The van der Waals surface area contributed by atoms with Gasteiger partial charge in [-0.1, -0.05) is 34.1 Å². The van der Waals surface area contributed by atoms with Crippen LogP contribution in [0.1, 0.15) is 24.0 Å². The molecule has 1 rings (SSSR count). The van der Waals surface area contributed by atoms with Gasteiger partial charge in [-0.2, -0.15) is 13.2 Å². The van der Waals surface area contributed by atoms with Crippen LogP contribution in [-0.4, -0.2) is 5.33 Å². The fourth-order valence-corrected chi connectivity index (χ4v) is 1.82. The molecular formula is C11H12BrF3. The van der Waals surface area contributed by atoms with Crippen LogP contribution in [-0.2, 0) is 12.6 Å². The first-order valence-electron chi connectivity index (χ1n) is 4.77. The fraction of sp³-hybridized carbons (Fsp3) is 0.455. The molecular weight excluding hydrogens is 269 g/mol. The number of alkyl halides is 4. The first-order valence-corrected chi connectivity index (χ1v) is 5.89. The van der Waals surface area contributed by atoms with Crippen LogP contribution in [0.25, 0.3) is 0 Å². The molecule has 0 unspecified atom stereocenters. The molecule has 1 aromatic carbocycles. The third-order valence-electron chi connectivity index (χ3n) is 2.15. The minimum atomic E-state index is -4.23. The Hall–Kier alpha value is -0.510. The Morgan fingerprint density at radius 3 is 2.33 bits per heavy atom. The number of aryl methyl sites for hydroxylation is 1. The zero-order valence-electron chi connectivity index (χ0n) is 8.15. The minimum Gasteiger partial charge on any atom is -0.166 e. The predicted octanol–water partition coefficient (Wildman–Crippen LogP) is 4.42. The molecule has 0 aliphatic carbocycles. The molecule has 0 N–H and O–H groups in total. The van der Waals surface area contributed by atoms with E-state index >= 15 is 0 Å². The van der Waals surface area contributed by atoms with E-state index in [-0.39, 0.29) is 0 Å². The Labute approximate surface area is 95.6 Å². The van der Waals surface area contributed by atoms with Gasteiger partial charge in [0.1, 0.15) is 0 Å². The Morgan fingerprint density at radius 2 is 1.73 bits per heavy atom. The minimum absolute atomic E-state index is 0.394. The van der Waals surface area contributed by atoms with Crippen LogP contribution in [0.5, 0.6) is 0 Å². The van der Waals surface area contributed by atoms with Crippen molar-refractivity contribution in [2.45, 2.75) is 25.4 Å². The van der Waals surface area contributed by atoms with Gasteiger partial charge in [0.05, 0.1) is 5.56 Å². The molecule has 0 aliphatic heterocycles. The summed E-state index contributed by atoms with van der Waals surface area (Å²) in [7, 11) is 0. The molecule has 0 saturated heterocycles. The van der Waals surface area contributed by atoms with E-state index in [0.717, 1.165) is 24.2 Å². The van der Waals surface area contributed by atoms with Crippen LogP contribution in [0.3, 0.4) is 0 Å². The zero-order chi connectivity index (χ0) is 11.3. The Morgan fingerprint density at radius 1 is 1.07 bits per heavy atom. The predicted molar refractivity (Wildman–Crippen MR) is 58.2 cm³/mol. The first-order chi connectivity index (χ1) is 7.05. The highest BCUT2D eigenvalue weighted by Crippen LogP contribution is 2.32. The topological polar surface area (TPSA) is 0 Å². The van der Waals surface area contributed by atoms with E-state index in [9.17, 15) is 13.2 Å². The quantitative estimate of drug-likeness (QED) is 0.566. The van der Waals surface area contributed by atoms with Crippen molar-refractivity contribution in [2.24, 2.45) is 0 Å². The summed E-state index contributed by atoms with van der Waals surface area (Å²) in [6.45, 7) is 0. The van der Waals surface area contributed by atoms with Crippen LogP contribution in [0.4, 0.5) is 13.2 Å². The molecule has 0 amide bonds. The normalized spacial score (nSPS) is 11.7. The summed E-state index contributed by atoms with van der Waals surface area (Å²) in [5.41, 5.74) is -0.106. The number of halogens is 4. The van der Waals surface area contributed by atoms with Gasteiger partial charge in [-0.25, -0.2) is 0 Å². The number of unbranched alkanes of at least 4 members (excludes halogenated alkanes) is 1. The largest absolute Gasteiger partial charge is 0.416 e. The molecule has 0 aliphatic rings. The highest BCUT2D eigenvalue weighted by molar-refractivity contribution is 9.09. The number of benzene rings is 1. The molecule has 0 atom stereocenters. The van der Waals surface area contributed by atoms with Crippen molar-refractivity contribution in [2.75, 3.05) is 5.33 Å². The summed E-state index contributed by atoms with van der Waals surface area (Å²) in [5.74, 6) is 0. The lowest BCUT2D eigenvalue weighted by molar-refractivity contribution is -0.138. The van der Waals surface area contributed by atoms with Crippen molar-refractivity contribution in [1.29, 1.82) is 0 Å². The highest BCUT2D eigenvalue weighted by atomic mass is 79.9. The molecule has 0 aromatic heterocycles. The van der Waals surface area contributed by atoms with Crippen LogP contribution < -0.4 is 0 Å². The van der Waals surface area contributed by atoms with Crippen LogP contribution in [0, 0.1) is 0 Å². The van der Waals surface area contributed by atoms with Gasteiger partial charge >= 0.3 is 6.18 Å². The zero-order valence-corrected chi connectivity index (χ0v) is 9.74. The van der Waals surface area contributed by atoms with Crippen LogP contribution in [0.15, 0.2) is 24.3 Å². The third-order valence-corrected chi connectivity index (χ3v) is 2.71. The summed E-state index contributed by atoms with van der Waals surface area (Å²) in [6.07, 6.45) is -2.07. The van der Waals surface area contributed by atoms with Gasteiger partial charge in [-0.15, -0.1) is 0 Å². The smallest absolute Gasteiger partial charge is 0.166 e. The molecule has 0 fully saturated rings. The fourth-order valence-electron chi connectivity index (χ4n) is 1.42. The first kappa shape index (κ1) is 12.6. The second kappa shape index (κ2) is 5.54. The Balaban J connectivity index is 2.78. The van der Waals surface area contributed by atoms with Crippen molar-refractivity contribution < 1.29 is 13.2 Å². The maximum absolute atomic E-state index is 12.5. The highest BCUT2D eigenvalue weighted by Gasteiger charge is 2.32. The summed E-state index contributed by atoms with van der Waals surface area (Å²) in [4.78, 5) is 0. The van der Waals surface area contributed by atoms with Crippen molar-refractivity contribution >= 4 is 15.9 Å². The van der Waals surface area contributed by atoms with Gasteiger partial charge in [0.15, 0.2) is 0 Å². The Bertz CT molecular complexity index is 307. The number of rotatable bonds is 4. The molecule has 0 nitrogen and oxygen atoms in total. The standard InChI is InChI=1S/C11H12BrF3/c12-8-4-3-6-9-5-1-2-7-10(9)11(13,14)15/h1-2,5,7H,3-4,6,8H2. The summed E-state index contributed by atoms with van der Waals surface area (Å²) in [5, 5.41) is 0.835. The molecule has 15 heavy (non-hydrogen) atoms. The molecule has 84 valence electrons. The maximum Gasteiger partial charge on any atom is 0.416 e. The lowest BCUT2D eigenvalue weighted by atomic mass is 10.0. The molecule has 4 heteroatoms. The van der Waals surface area contributed by atoms with E-state index in [4.69, 9.17) is 0 Å². The van der Waals surface area contributed by atoms with E-state index in [2.05, 4.69) is 15.9 Å². The van der Waals surface area contributed by atoms with E-state index in [1.165, 1.54) is 6.07 Å². The van der Waals surface area contributed by atoms with Crippen molar-refractivity contribution in [1.82, 2.24) is 0 Å². The molecule has 0 spiro atoms. The Kier molecular flexibility index (Phi) is 4.64. The van der Waals surface area contributed by atoms with E-state index in [0.29, 0.717) is 12.0 Å². The maximum atomic E-state index is 12.5. The average Bonchev–Trinajstić information content (AvgIpc) is 2.17. The van der Waals surface area contributed by atoms with Gasteiger partial charge in [-0.05, 0) is 30.9 Å². The van der Waals surface area contributed by atoms with Gasteiger partial charge in [-0.3, -0.25) is 0 Å². The SMILES string of the molecule is FC(F)(F)c1ccccc1CCCCBr. The van der Waals surface area contributed by atoms with Crippen molar-refractivity contribution in [3.8, 4) is 0 Å². The average molecular weight is 281 g/mol. The van der Waals surface area contributed by atoms with Crippen molar-refractivity contribution in [3.05, 3.63) is 35.4 Å². The van der Waals surface area contributed by atoms with E-state index < -0.39 is 11.7 Å². The van der Waals surface area contributed by atoms with Gasteiger partial charge < -0.3 is 0 Å². The van der Waals surface area contributed by atoms with Crippen LogP contribution in [0.2, 0.25) is 0 Å². The monoisotopic (exact) mass is 280 g/mol. The van der Waals surface area contributed by atoms with Gasteiger partial charge in [0.25, 0.3) is 0 Å². The summed E-state index contributed by atoms with van der Waals surface area (Å²) < 4.78 is 37.6. The number of hydrogen-bond acceptors (Lipinski definition) is 0. The second-order valence-corrected chi connectivity index (χ2v) is 4.09. The second-order valence-electron chi connectivity index (χ2n) is 3.30. The van der Waals surface area contributed by atoms with E-state index in [1.807, 2.05) is 0 Å². The summed E-state index contributed by atoms with van der Waals surface area (Å²) >= 11 is 3.26. The van der Waals surface area contributed by atoms with Crippen LogP contribution >= 0.6 is 15.9 Å². The summed E-state index contributed by atoms with van der Waals surface area (Å²) in [6, 6.07) is 5.77. The molecule has 0 bridgehead atoms. The molecule has 0 saturated carbocycles. The lowest BCUT2D eigenvalue weighted by Gasteiger charge is -2.11. The lowest BCUT2D eigenvalue weighted by Crippen LogP contribution is -2.08. The molecule has 1 aromatic rings. The van der Waals surface area contributed by atoms with Crippen molar-refractivity contribution in [3.63, 3.8) is 0 Å². The van der Waals surface area contributed by atoms with Gasteiger partial charge in [0.2, 0.25) is 0 Å². The van der Waals surface area contributed by atoms with Gasteiger partial charge in [0, 0.05) is 5.33 Å². The molecule has 0 radical (unpaired) electrons. The third kappa shape index (κ3) is 3.86. The molecule has 0 heterocycles.